The minimum atomic E-state index is -0.646. The molecule has 1 atom stereocenters. The number of rotatable bonds is 6. The Morgan fingerprint density at radius 3 is 2.69 bits per heavy atom. The molecule has 1 unspecified atom stereocenters. The highest BCUT2D eigenvalue weighted by Gasteiger charge is 2.23. The number of carbonyl (C=O) groups excluding carboxylic acids is 2. The third-order valence-electron chi connectivity index (χ3n) is 5.09. The Morgan fingerprint density at radius 2 is 2.00 bits per heavy atom. The standard InChI is InChI=1S/C21H21Cl2N7O2/c1-2-17(30-27-20(26-28-30)13-3-5-14(22)6-4-13)21(32)25-15-7-8-18(16(23)11-15)29-10-9-24-19(31)12-29/h3-8,11,17H,2,9-10,12H2,1H3,(H,24,31)(H,25,32). The lowest BCUT2D eigenvalue weighted by molar-refractivity contribution is -0.121. The first kappa shape index (κ1) is 22.0. The number of halogens is 2. The molecule has 0 aliphatic carbocycles. The average Bonchev–Trinajstić information content (AvgIpc) is 3.24. The van der Waals surface area contributed by atoms with E-state index in [4.69, 9.17) is 23.2 Å². The summed E-state index contributed by atoms with van der Waals surface area (Å²) in [4.78, 5) is 27.8. The van der Waals surface area contributed by atoms with Crippen LogP contribution in [-0.4, -0.2) is 51.7 Å². The van der Waals surface area contributed by atoms with E-state index in [2.05, 4.69) is 26.0 Å². The van der Waals surface area contributed by atoms with Gasteiger partial charge < -0.3 is 15.5 Å². The molecule has 4 rings (SSSR count). The maximum atomic E-state index is 12.9. The van der Waals surface area contributed by atoms with Gasteiger partial charge in [0, 0.05) is 29.4 Å². The summed E-state index contributed by atoms with van der Waals surface area (Å²) in [6.07, 6.45) is 0.469. The maximum Gasteiger partial charge on any atom is 0.251 e. The molecule has 2 N–H and O–H groups in total. The Balaban J connectivity index is 1.47. The summed E-state index contributed by atoms with van der Waals surface area (Å²) in [6.45, 7) is 3.35. The van der Waals surface area contributed by atoms with Crippen LogP contribution < -0.4 is 15.5 Å². The fraction of sp³-hybridized carbons (Fsp3) is 0.286. The number of aromatic nitrogens is 4. The molecule has 1 fully saturated rings. The molecule has 1 aliphatic heterocycles. The van der Waals surface area contributed by atoms with Gasteiger partial charge in [-0.2, -0.15) is 4.80 Å². The second-order valence-electron chi connectivity index (χ2n) is 7.29. The van der Waals surface area contributed by atoms with Gasteiger partial charge in [-0.05, 0) is 54.1 Å². The van der Waals surface area contributed by atoms with Crippen molar-refractivity contribution in [3.8, 4) is 11.4 Å². The molecule has 9 nitrogen and oxygen atoms in total. The average molecular weight is 474 g/mol. The third-order valence-corrected chi connectivity index (χ3v) is 5.65. The molecule has 32 heavy (non-hydrogen) atoms. The summed E-state index contributed by atoms with van der Waals surface area (Å²) in [6, 6.07) is 11.6. The van der Waals surface area contributed by atoms with Gasteiger partial charge >= 0.3 is 0 Å². The van der Waals surface area contributed by atoms with E-state index >= 15 is 0 Å². The Labute approximate surface area is 194 Å². The summed E-state index contributed by atoms with van der Waals surface area (Å²) in [5.74, 6) is 0.0772. The summed E-state index contributed by atoms with van der Waals surface area (Å²) in [5, 5.41) is 19.2. The minimum Gasteiger partial charge on any atom is -0.359 e. The van der Waals surface area contributed by atoms with Crippen molar-refractivity contribution in [1.29, 1.82) is 0 Å². The summed E-state index contributed by atoms with van der Waals surface area (Å²) in [5.41, 5.74) is 2.04. The Bertz CT molecular complexity index is 1130. The van der Waals surface area contributed by atoms with E-state index in [1.165, 1.54) is 4.80 Å². The van der Waals surface area contributed by atoms with Crippen molar-refractivity contribution in [2.75, 3.05) is 29.9 Å². The van der Waals surface area contributed by atoms with Crippen LogP contribution in [0.2, 0.25) is 10.0 Å². The number of hydrogen-bond donors (Lipinski definition) is 2. The first-order chi connectivity index (χ1) is 15.4. The summed E-state index contributed by atoms with van der Waals surface area (Å²) in [7, 11) is 0. The molecule has 1 saturated heterocycles. The van der Waals surface area contributed by atoms with E-state index in [9.17, 15) is 9.59 Å². The van der Waals surface area contributed by atoms with Crippen molar-refractivity contribution in [1.82, 2.24) is 25.5 Å². The van der Waals surface area contributed by atoms with Crippen molar-refractivity contribution in [3.63, 3.8) is 0 Å². The van der Waals surface area contributed by atoms with Gasteiger partial charge in [0.05, 0.1) is 17.3 Å². The highest BCUT2D eigenvalue weighted by atomic mass is 35.5. The van der Waals surface area contributed by atoms with Crippen molar-refractivity contribution in [2.24, 2.45) is 0 Å². The van der Waals surface area contributed by atoms with Gasteiger partial charge in [-0.15, -0.1) is 10.2 Å². The van der Waals surface area contributed by atoms with Crippen LogP contribution in [0.5, 0.6) is 0 Å². The lowest BCUT2D eigenvalue weighted by Gasteiger charge is -2.29. The molecule has 2 aromatic carbocycles. The van der Waals surface area contributed by atoms with Crippen molar-refractivity contribution < 1.29 is 9.59 Å². The highest BCUT2D eigenvalue weighted by Crippen LogP contribution is 2.30. The molecular weight excluding hydrogens is 453 g/mol. The zero-order chi connectivity index (χ0) is 22.7. The van der Waals surface area contributed by atoms with E-state index in [0.717, 1.165) is 11.3 Å². The maximum absolute atomic E-state index is 12.9. The number of benzene rings is 2. The van der Waals surface area contributed by atoms with Gasteiger partial charge in [-0.3, -0.25) is 9.59 Å². The SMILES string of the molecule is CCC(C(=O)Nc1ccc(N2CCNC(=O)C2)c(Cl)c1)n1nnc(-c2ccc(Cl)cc2)n1. The Kier molecular flexibility index (Phi) is 6.57. The van der Waals surface area contributed by atoms with Crippen LogP contribution in [-0.2, 0) is 9.59 Å². The second-order valence-corrected chi connectivity index (χ2v) is 8.13. The lowest BCUT2D eigenvalue weighted by Crippen LogP contribution is -2.47. The van der Waals surface area contributed by atoms with Gasteiger partial charge in [0.15, 0.2) is 6.04 Å². The van der Waals surface area contributed by atoms with E-state index < -0.39 is 6.04 Å². The second kappa shape index (κ2) is 9.54. The number of amides is 2. The van der Waals surface area contributed by atoms with Gasteiger partial charge in [0.1, 0.15) is 0 Å². The minimum absolute atomic E-state index is 0.0474. The zero-order valence-corrected chi connectivity index (χ0v) is 18.8. The Hall–Kier alpha value is -3.17. The number of anilines is 2. The van der Waals surface area contributed by atoms with Crippen LogP contribution in [0.25, 0.3) is 11.4 Å². The normalized spacial score (nSPS) is 14.7. The number of piperazine rings is 1. The molecule has 11 heteroatoms. The van der Waals surface area contributed by atoms with E-state index in [0.29, 0.717) is 41.1 Å². The van der Waals surface area contributed by atoms with Crippen molar-refractivity contribution in [2.45, 2.75) is 19.4 Å². The number of carbonyl (C=O) groups is 2. The van der Waals surface area contributed by atoms with Crippen LogP contribution in [0.3, 0.4) is 0 Å². The molecular formula is C21H21Cl2N7O2. The van der Waals surface area contributed by atoms with Crippen LogP contribution in [0.1, 0.15) is 19.4 Å². The van der Waals surface area contributed by atoms with Crippen molar-refractivity contribution >= 4 is 46.4 Å². The first-order valence-electron chi connectivity index (χ1n) is 10.1. The van der Waals surface area contributed by atoms with E-state index in [-0.39, 0.29) is 18.4 Å². The molecule has 1 aromatic heterocycles. The molecule has 166 valence electrons. The summed E-state index contributed by atoms with van der Waals surface area (Å²) >= 11 is 12.4. The van der Waals surface area contributed by atoms with Gasteiger partial charge in [0.2, 0.25) is 11.7 Å². The highest BCUT2D eigenvalue weighted by molar-refractivity contribution is 6.33. The van der Waals surface area contributed by atoms with Crippen molar-refractivity contribution in [3.05, 3.63) is 52.5 Å². The van der Waals surface area contributed by atoms with E-state index in [1.54, 1.807) is 42.5 Å². The largest absolute Gasteiger partial charge is 0.359 e. The molecule has 0 spiro atoms. The quantitative estimate of drug-likeness (QED) is 0.569. The van der Waals surface area contributed by atoms with E-state index in [1.807, 2.05) is 11.8 Å². The van der Waals surface area contributed by atoms with Crippen LogP contribution in [0.15, 0.2) is 42.5 Å². The zero-order valence-electron chi connectivity index (χ0n) is 17.3. The van der Waals surface area contributed by atoms with Gasteiger partial charge in [-0.25, -0.2) is 0 Å². The molecule has 3 aromatic rings. The van der Waals surface area contributed by atoms with Gasteiger partial charge in [-0.1, -0.05) is 30.1 Å². The fourth-order valence-electron chi connectivity index (χ4n) is 3.44. The fourth-order valence-corrected chi connectivity index (χ4v) is 3.86. The number of nitrogens with zero attached hydrogens (tertiary/aromatic N) is 5. The van der Waals surface area contributed by atoms with Crippen LogP contribution in [0.4, 0.5) is 11.4 Å². The van der Waals surface area contributed by atoms with Crippen LogP contribution in [0, 0.1) is 0 Å². The molecule has 0 bridgehead atoms. The topological polar surface area (TPSA) is 105 Å². The predicted molar refractivity (Wildman–Crippen MR) is 123 cm³/mol. The number of nitrogens with one attached hydrogen (secondary N) is 2. The lowest BCUT2D eigenvalue weighted by atomic mass is 10.2. The molecule has 2 heterocycles. The first-order valence-corrected chi connectivity index (χ1v) is 10.9. The molecule has 0 saturated carbocycles. The monoisotopic (exact) mass is 473 g/mol. The Morgan fingerprint density at radius 1 is 1.22 bits per heavy atom. The van der Waals surface area contributed by atoms with Gasteiger partial charge in [0.25, 0.3) is 5.91 Å². The van der Waals surface area contributed by atoms with Crippen LogP contribution >= 0.6 is 23.2 Å². The predicted octanol–water partition coefficient (Wildman–Crippen LogP) is 3.17. The smallest absolute Gasteiger partial charge is 0.251 e. The third kappa shape index (κ3) is 4.84. The summed E-state index contributed by atoms with van der Waals surface area (Å²) < 4.78 is 0. The molecule has 2 amide bonds. The molecule has 0 radical (unpaired) electrons. The molecule has 1 aliphatic rings. The number of tetrazole rings is 1. The number of hydrogen-bond acceptors (Lipinski definition) is 6.